The number of nitrogens with zero attached hydrogens (tertiary/aromatic N) is 3. The molecule has 3 aromatic carbocycles. The van der Waals surface area contributed by atoms with E-state index in [-0.39, 0.29) is 59.2 Å². The molecule has 6 atom stereocenters. The third kappa shape index (κ3) is 9.02. The third-order valence-electron chi connectivity index (χ3n) is 13.7. The summed E-state index contributed by atoms with van der Waals surface area (Å²) < 4.78 is 40.7. The number of piperazine rings is 1. The Hall–Kier alpha value is -5.70. The molecule has 0 saturated carbocycles. The van der Waals surface area contributed by atoms with Gasteiger partial charge in [-0.25, -0.2) is 9.59 Å². The minimum Gasteiger partial charge on any atom is -0.493 e. The number of methoxy groups -OCH3 is 3. The summed E-state index contributed by atoms with van der Waals surface area (Å²) in [5, 5.41) is 13.9. The quantitative estimate of drug-likeness (QED) is 0.0704. The molecule has 2 bridgehead atoms. The van der Waals surface area contributed by atoms with Gasteiger partial charge in [-0.2, -0.15) is 17.0 Å². The number of ketones is 2. The molecule has 8 rings (SSSR count). The summed E-state index contributed by atoms with van der Waals surface area (Å²) in [7, 11) is 6.47. The second-order valence-electron chi connectivity index (χ2n) is 18.8. The van der Waals surface area contributed by atoms with Crippen molar-refractivity contribution in [3.05, 3.63) is 105 Å². The number of nitrogens with one attached hydrogen (secondary N) is 1. The van der Waals surface area contributed by atoms with Gasteiger partial charge in [0.2, 0.25) is 5.78 Å². The van der Waals surface area contributed by atoms with Gasteiger partial charge in [0.25, 0.3) is 0 Å². The van der Waals surface area contributed by atoms with Crippen LogP contribution in [0.1, 0.15) is 73.9 Å². The molecular weight excluding hydrogens is 889 g/mol. The van der Waals surface area contributed by atoms with Crippen molar-refractivity contribution in [1.29, 1.82) is 5.26 Å². The number of thioether (sulfide) groups is 1. The molecule has 1 amide bonds. The van der Waals surface area contributed by atoms with E-state index in [1.54, 1.807) is 41.9 Å². The van der Waals surface area contributed by atoms with Crippen LogP contribution in [0.4, 0.5) is 4.79 Å². The van der Waals surface area contributed by atoms with Crippen LogP contribution in [0.2, 0.25) is 0 Å². The van der Waals surface area contributed by atoms with E-state index in [9.17, 15) is 24.4 Å². The number of hydrogen-bond acceptors (Lipinski definition) is 15. The highest BCUT2D eigenvalue weighted by molar-refractivity contribution is 7.99. The number of aryl methyl sites for hydroxylation is 1. The maximum absolute atomic E-state index is 14.6. The Balaban J connectivity index is 1.14. The summed E-state index contributed by atoms with van der Waals surface area (Å²) in [5.41, 5.74) is 7.07. The van der Waals surface area contributed by atoms with Crippen LogP contribution in [0, 0.1) is 18.3 Å². The highest BCUT2D eigenvalue weighted by Gasteiger charge is 2.58. The zero-order chi connectivity index (χ0) is 48.6. The molecule has 3 aromatic rings. The first-order chi connectivity index (χ1) is 32.6. The van der Waals surface area contributed by atoms with Crippen molar-refractivity contribution >= 4 is 35.4 Å². The van der Waals surface area contributed by atoms with Gasteiger partial charge in [0.15, 0.2) is 29.8 Å². The molecule has 0 radical (unpaired) electrons. The Morgan fingerprint density at radius 1 is 0.926 bits per heavy atom. The first kappa shape index (κ1) is 48.7. The van der Waals surface area contributed by atoms with Crippen molar-refractivity contribution in [2.24, 2.45) is 0 Å². The normalized spacial score (nSPS) is 22.6. The van der Waals surface area contributed by atoms with Crippen molar-refractivity contribution in [3.63, 3.8) is 0 Å². The molecule has 2 aliphatic carbocycles. The standard InChI is InChI=1S/C52H60N4O11S/c1-28-20-30-21-38-40(23-53)56-39(44(55(38)6)42(30)49(47(28)62-8)66-27-64-19-18-61-7)22-35-43(46(58)48(63-9)29(2)45(35)57)41(56)24-65-50(59)37(54-51(60)67-52(3,4)5)26-68-25-36-33-16-12-10-14-31(33)32-15-11-13-17-34(32)36/h10-17,20,36-41,44H,18-19,21-22,24-27H2,1-9H3,(H,54,60)/t37-,38-,39+,40+,41+,44+/m1/s1. The zero-order valence-electron chi connectivity index (χ0n) is 40.1. The summed E-state index contributed by atoms with van der Waals surface area (Å²) in [6.45, 7) is 8.89. The van der Waals surface area contributed by atoms with Gasteiger partial charge in [-0.1, -0.05) is 54.6 Å². The lowest BCUT2D eigenvalue weighted by Crippen LogP contribution is -2.70. The Morgan fingerprint density at radius 2 is 1.62 bits per heavy atom. The molecule has 1 saturated heterocycles. The van der Waals surface area contributed by atoms with E-state index < -0.39 is 60.3 Å². The summed E-state index contributed by atoms with van der Waals surface area (Å²) in [6.07, 6.45) is -0.246. The number of carbonyl (C=O) groups is 4. The van der Waals surface area contributed by atoms with Gasteiger partial charge in [-0.05, 0) is 87.9 Å². The van der Waals surface area contributed by atoms with Crippen LogP contribution in [0.5, 0.6) is 11.5 Å². The van der Waals surface area contributed by atoms with E-state index in [0.717, 1.165) is 16.7 Å². The lowest BCUT2D eigenvalue weighted by Gasteiger charge is -2.60. The predicted octanol–water partition coefficient (Wildman–Crippen LogP) is 6.60. The number of esters is 1. The minimum absolute atomic E-state index is 0.0548. The number of ether oxygens (including phenoxy) is 7. The number of fused-ring (bicyclic) bond motifs is 9. The van der Waals surface area contributed by atoms with Crippen molar-refractivity contribution in [2.45, 2.75) is 95.2 Å². The molecule has 16 heteroatoms. The molecule has 5 aliphatic rings. The maximum atomic E-state index is 14.6. The van der Waals surface area contributed by atoms with Crippen molar-refractivity contribution in [3.8, 4) is 28.7 Å². The average molecular weight is 949 g/mol. The van der Waals surface area contributed by atoms with Crippen LogP contribution < -0.4 is 14.8 Å². The maximum Gasteiger partial charge on any atom is 0.408 e. The van der Waals surface area contributed by atoms with Gasteiger partial charge in [0, 0.05) is 58.9 Å². The number of alkyl carbamates (subject to hydrolysis) is 1. The molecule has 68 heavy (non-hydrogen) atoms. The summed E-state index contributed by atoms with van der Waals surface area (Å²) >= 11 is 1.50. The molecule has 1 N–H and O–H groups in total. The van der Waals surface area contributed by atoms with Gasteiger partial charge in [-0.15, -0.1) is 0 Å². The van der Waals surface area contributed by atoms with Gasteiger partial charge in [-0.3, -0.25) is 19.4 Å². The van der Waals surface area contributed by atoms with Crippen LogP contribution in [0.25, 0.3) is 11.1 Å². The Bertz CT molecular complexity index is 2550. The SMILES string of the molecule is COCCOCOc1c(OC)c(C)cc2c1[C@@H]1[C@@H]3CC4=C(C(=O)C(OC)=C(C)C4=O)[C@H](COC(=O)[C@@H](CSCC4c5ccccc5-c5ccccc54)NC(=O)OC(C)(C)C)N3[C@@H](C#N)[C@@H](C2)N1C. The lowest BCUT2D eigenvalue weighted by molar-refractivity contribution is -0.150. The molecule has 3 heterocycles. The van der Waals surface area contributed by atoms with E-state index >= 15 is 0 Å². The largest absolute Gasteiger partial charge is 0.493 e. The molecule has 0 aromatic heterocycles. The second kappa shape index (κ2) is 20.1. The number of Topliss-reactive ketones (excluding diaryl/α,β-unsaturated/α-hetero) is 2. The van der Waals surface area contributed by atoms with Crippen LogP contribution in [0.15, 0.2) is 77.1 Å². The number of likely N-dealkylation sites (N-methyl/N-ethyl adjacent to an activating group) is 1. The Labute approximate surface area is 402 Å². The summed E-state index contributed by atoms with van der Waals surface area (Å²) in [5.74, 6) is 0.0886. The molecule has 0 unspecified atom stereocenters. The van der Waals surface area contributed by atoms with E-state index in [1.165, 1.54) is 41.1 Å². The molecule has 15 nitrogen and oxygen atoms in total. The number of amides is 1. The fraction of sp³-hybridized carbons (Fsp3) is 0.481. The zero-order valence-corrected chi connectivity index (χ0v) is 41.0. The smallest absolute Gasteiger partial charge is 0.408 e. The predicted molar refractivity (Wildman–Crippen MR) is 254 cm³/mol. The Kier molecular flexibility index (Phi) is 14.4. The van der Waals surface area contributed by atoms with Gasteiger partial charge < -0.3 is 38.5 Å². The molecular formula is C52H60N4O11S. The number of benzene rings is 3. The van der Waals surface area contributed by atoms with E-state index in [1.807, 2.05) is 43.1 Å². The first-order valence-electron chi connectivity index (χ1n) is 22.9. The molecule has 3 aliphatic heterocycles. The number of allylic oxidation sites excluding steroid dienone is 2. The van der Waals surface area contributed by atoms with Gasteiger partial charge in [0.05, 0.1) is 45.6 Å². The van der Waals surface area contributed by atoms with Crippen molar-refractivity contribution < 1.29 is 52.3 Å². The van der Waals surface area contributed by atoms with E-state index in [4.69, 9.17) is 33.2 Å². The number of rotatable bonds is 16. The lowest BCUT2D eigenvalue weighted by atomic mass is 9.69. The highest BCUT2D eigenvalue weighted by Crippen LogP contribution is 2.54. The Morgan fingerprint density at radius 3 is 2.25 bits per heavy atom. The van der Waals surface area contributed by atoms with E-state index in [2.05, 4.69) is 46.6 Å². The highest BCUT2D eigenvalue weighted by atomic mass is 32.2. The van der Waals surface area contributed by atoms with Crippen LogP contribution in [-0.2, 0) is 44.5 Å². The second-order valence-corrected chi connectivity index (χ2v) is 19.9. The fourth-order valence-electron chi connectivity index (χ4n) is 10.8. The van der Waals surface area contributed by atoms with Crippen LogP contribution in [0.3, 0.4) is 0 Å². The summed E-state index contributed by atoms with van der Waals surface area (Å²) in [6, 6.07) is 16.7. The van der Waals surface area contributed by atoms with Crippen molar-refractivity contribution in [2.75, 3.05) is 66.5 Å². The van der Waals surface area contributed by atoms with Crippen LogP contribution in [-0.4, -0.2) is 136 Å². The number of hydrogen-bond donors (Lipinski definition) is 1. The summed E-state index contributed by atoms with van der Waals surface area (Å²) in [4.78, 5) is 61.1. The molecule has 0 spiro atoms. The minimum atomic E-state index is -1.16. The van der Waals surface area contributed by atoms with Crippen molar-refractivity contribution in [1.82, 2.24) is 15.1 Å². The molecule has 360 valence electrons. The third-order valence-corrected chi connectivity index (χ3v) is 14.8. The van der Waals surface area contributed by atoms with Crippen LogP contribution >= 0.6 is 11.8 Å². The van der Waals surface area contributed by atoms with Gasteiger partial charge >= 0.3 is 12.1 Å². The fourth-order valence-corrected chi connectivity index (χ4v) is 12.0. The van der Waals surface area contributed by atoms with Gasteiger partial charge in [0.1, 0.15) is 24.3 Å². The number of carbonyl (C=O) groups excluding carboxylic acids is 4. The molecule has 1 fully saturated rings. The topological polar surface area (TPSA) is 175 Å². The average Bonchev–Trinajstić information content (AvgIpc) is 3.62. The first-order valence-corrected chi connectivity index (χ1v) is 24.1. The monoisotopic (exact) mass is 948 g/mol. The number of nitriles is 1. The van der Waals surface area contributed by atoms with E-state index in [0.29, 0.717) is 36.9 Å².